The lowest BCUT2D eigenvalue weighted by Gasteiger charge is -2.45. The van der Waals surface area contributed by atoms with Gasteiger partial charge in [-0.05, 0) is 33.6 Å². The van der Waals surface area contributed by atoms with E-state index in [0.717, 1.165) is 20.8 Å². The molecule has 0 spiro atoms. The van der Waals surface area contributed by atoms with Gasteiger partial charge in [0, 0.05) is 0 Å². The van der Waals surface area contributed by atoms with Gasteiger partial charge in [-0.2, -0.15) is 22.0 Å². The Morgan fingerprint density at radius 3 is 1.50 bits per heavy atom. The predicted octanol–water partition coefficient (Wildman–Crippen LogP) is 4.22. The van der Waals surface area contributed by atoms with Crippen LogP contribution in [0.3, 0.4) is 0 Å². The average Bonchev–Trinajstić information content (AvgIpc) is 2.24. The lowest BCUT2D eigenvalue weighted by atomic mass is 9.81. The molecule has 2 atom stereocenters. The summed E-state index contributed by atoms with van der Waals surface area (Å²) in [5.41, 5.74) is -10.2. The number of hydrogen-bond donors (Lipinski definition) is 1. The molecule has 0 heterocycles. The molecule has 0 saturated carbocycles. The number of rotatable bonds is 6. The third-order valence-electron chi connectivity index (χ3n) is 3.48. The maximum Gasteiger partial charge on any atom is 0.434 e. The fraction of sp³-hybridized carbons (Fsp3) is 1.00. The van der Waals surface area contributed by atoms with E-state index in [1.807, 2.05) is 0 Å². The summed E-state index contributed by atoms with van der Waals surface area (Å²) >= 11 is 0. The molecule has 8 heteroatoms. The zero-order valence-electron chi connectivity index (χ0n) is 12.0. The summed E-state index contributed by atoms with van der Waals surface area (Å²) < 4.78 is 84.7. The Bertz CT molecular complexity index is 337. The largest absolute Gasteiger partial charge is 0.434 e. The van der Waals surface area contributed by atoms with Gasteiger partial charge in [-0.3, -0.25) is 0 Å². The summed E-state index contributed by atoms with van der Waals surface area (Å²) in [5.74, 6) is 0. The highest BCUT2D eigenvalue weighted by Crippen LogP contribution is 2.54. The van der Waals surface area contributed by atoms with Crippen molar-refractivity contribution in [3.05, 3.63) is 0 Å². The molecule has 2 unspecified atom stereocenters. The second-order valence-corrected chi connectivity index (χ2v) is 5.52. The van der Waals surface area contributed by atoms with Gasteiger partial charge < -0.3 is 9.84 Å². The maximum atomic E-state index is 14.3. The van der Waals surface area contributed by atoms with Crippen LogP contribution in [-0.4, -0.2) is 34.3 Å². The predicted molar refractivity (Wildman–Crippen MR) is 61.2 cm³/mol. The first kappa shape index (κ1) is 19.5. The second-order valence-electron chi connectivity index (χ2n) is 5.52. The summed E-state index contributed by atoms with van der Waals surface area (Å²) in [6.45, 7) is 4.97. The number of hydrogen-bond acceptors (Lipinski definition) is 2. The molecule has 0 rings (SSSR count). The Kier molecular flexibility index (Phi) is 5.23. The number of aliphatic hydroxyl groups is 1. The zero-order valence-corrected chi connectivity index (χ0v) is 12.0. The van der Waals surface area contributed by atoms with Crippen LogP contribution in [0.25, 0.3) is 0 Å². The molecule has 122 valence electrons. The number of ether oxygens (including phenoxy) is 1. The van der Waals surface area contributed by atoms with E-state index in [2.05, 4.69) is 4.74 Å². The smallest absolute Gasteiger partial charge is 0.386 e. The third kappa shape index (κ3) is 3.21. The van der Waals surface area contributed by atoms with Crippen molar-refractivity contribution in [2.75, 3.05) is 0 Å². The van der Waals surface area contributed by atoms with E-state index >= 15 is 0 Å². The minimum Gasteiger partial charge on any atom is -0.386 e. The molecular weight excluding hydrogens is 290 g/mol. The van der Waals surface area contributed by atoms with Crippen molar-refractivity contribution >= 4 is 0 Å². The second kappa shape index (κ2) is 5.36. The van der Waals surface area contributed by atoms with E-state index in [-0.39, 0.29) is 6.42 Å². The standard InChI is InChI=1S/C12H20F6O2/c1-6-8(3,4)20-12(17,18)10(13,11(14,15)16)9(5,19)7-2/h19H,6-7H2,1-5H3. The average molecular weight is 310 g/mol. The van der Waals surface area contributed by atoms with Gasteiger partial charge >= 0.3 is 18.0 Å². The van der Waals surface area contributed by atoms with Crippen LogP contribution in [0.5, 0.6) is 0 Å². The van der Waals surface area contributed by atoms with E-state index in [1.165, 1.54) is 6.92 Å². The maximum absolute atomic E-state index is 14.3. The Hall–Kier alpha value is -0.500. The van der Waals surface area contributed by atoms with Crippen molar-refractivity contribution in [1.29, 1.82) is 0 Å². The minimum atomic E-state index is -6.00. The first-order valence-corrected chi connectivity index (χ1v) is 6.14. The number of alkyl halides is 6. The van der Waals surface area contributed by atoms with Gasteiger partial charge in [0.05, 0.1) is 5.60 Å². The fourth-order valence-electron chi connectivity index (χ4n) is 1.52. The SMILES string of the molecule is CCC(C)(C)OC(F)(F)C(F)(C(F)(F)F)C(C)(O)CC. The van der Waals surface area contributed by atoms with Crippen molar-refractivity contribution in [1.82, 2.24) is 0 Å². The van der Waals surface area contributed by atoms with Gasteiger partial charge in [-0.25, -0.2) is 4.39 Å². The molecule has 2 nitrogen and oxygen atoms in total. The van der Waals surface area contributed by atoms with Crippen molar-refractivity contribution < 1.29 is 36.2 Å². The molecule has 0 aliphatic heterocycles. The van der Waals surface area contributed by atoms with Crippen molar-refractivity contribution in [2.24, 2.45) is 0 Å². The Morgan fingerprint density at radius 1 is 0.850 bits per heavy atom. The lowest BCUT2D eigenvalue weighted by Crippen LogP contribution is -2.69. The van der Waals surface area contributed by atoms with Gasteiger partial charge in [0.1, 0.15) is 5.60 Å². The van der Waals surface area contributed by atoms with E-state index < -0.39 is 35.6 Å². The fourth-order valence-corrected chi connectivity index (χ4v) is 1.52. The van der Waals surface area contributed by atoms with Gasteiger partial charge in [0.15, 0.2) is 0 Å². The summed E-state index contributed by atoms with van der Waals surface area (Å²) in [5, 5.41) is 9.53. The molecule has 0 aliphatic carbocycles. The minimum absolute atomic E-state index is 0.0647. The van der Waals surface area contributed by atoms with E-state index in [0.29, 0.717) is 6.92 Å². The lowest BCUT2D eigenvalue weighted by molar-refractivity contribution is -0.433. The van der Waals surface area contributed by atoms with E-state index in [9.17, 15) is 31.4 Å². The van der Waals surface area contributed by atoms with Crippen LogP contribution in [0.2, 0.25) is 0 Å². The zero-order chi connectivity index (χ0) is 16.6. The first-order valence-electron chi connectivity index (χ1n) is 6.14. The van der Waals surface area contributed by atoms with Crippen LogP contribution in [0.4, 0.5) is 26.3 Å². The molecule has 1 N–H and O–H groups in total. The van der Waals surface area contributed by atoms with Crippen LogP contribution in [0.1, 0.15) is 47.5 Å². The summed E-state index contributed by atoms with van der Waals surface area (Å²) in [7, 11) is 0. The molecule has 0 aromatic heterocycles. The van der Waals surface area contributed by atoms with Gasteiger partial charge in [0.2, 0.25) is 0 Å². The van der Waals surface area contributed by atoms with Crippen LogP contribution >= 0.6 is 0 Å². The third-order valence-corrected chi connectivity index (χ3v) is 3.48. The van der Waals surface area contributed by atoms with Gasteiger partial charge in [-0.1, -0.05) is 13.8 Å². The highest BCUT2D eigenvalue weighted by atomic mass is 19.4. The van der Waals surface area contributed by atoms with E-state index in [1.54, 1.807) is 0 Å². The van der Waals surface area contributed by atoms with Crippen LogP contribution in [0, 0.1) is 0 Å². The summed E-state index contributed by atoms with van der Waals surface area (Å²) in [6.07, 6.45) is -12.2. The molecule has 0 aromatic rings. The van der Waals surface area contributed by atoms with Crippen LogP contribution in [0.15, 0.2) is 0 Å². The Labute approximate surface area is 114 Å². The molecule has 20 heavy (non-hydrogen) atoms. The van der Waals surface area contributed by atoms with Crippen molar-refractivity contribution in [2.45, 2.75) is 76.6 Å². The van der Waals surface area contributed by atoms with Crippen LogP contribution < -0.4 is 0 Å². The molecule has 0 bridgehead atoms. The monoisotopic (exact) mass is 310 g/mol. The molecule has 0 saturated heterocycles. The molecule has 0 aliphatic rings. The highest BCUT2D eigenvalue weighted by molar-refractivity contribution is 5.08. The normalized spacial score (nSPS) is 20.4. The Morgan fingerprint density at radius 2 is 1.25 bits per heavy atom. The van der Waals surface area contributed by atoms with Crippen LogP contribution in [-0.2, 0) is 4.74 Å². The summed E-state index contributed by atoms with van der Waals surface area (Å²) in [6, 6.07) is 0. The molecule has 0 fully saturated rings. The molecule has 0 radical (unpaired) electrons. The number of halogens is 6. The quantitative estimate of drug-likeness (QED) is 0.745. The topological polar surface area (TPSA) is 29.5 Å². The molecular formula is C12H20F6O2. The first-order chi connectivity index (χ1) is 8.58. The Balaban J connectivity index is 5.91. The highest BCUT2D eigenvalue weighted by Gasteiger charge is 2.80. The van der Waals surface area contributed by atoms with E-state index in [4.69, 9.17) is 0 Å². The molecule has 0 aromatic carbocycles. The molecule has 0 amide bonds. The van der Waals surface area contributed by atoms with Crippen molar-refractivity contribution in [3.8, 4) is 0 Å². The van der Waals surface area contributed by atoms with Gasteiger partial charge in [-0.15, -0.1) is 0 Å². The van der Waals surface area contributed by atoms with Crippen molar-refractivity contribution in [3.63, 3.8) is 0 Å². The summed E-state index contributed by atoms with van der Waals surface area (Å²) in [4.78, 5) is 0. The van der Waals surface area contributed by atoms with Gasteiger partial charge in [0.25, 0.3) is 0 Å².